The summed E-state index contributed by atoms with van der Waals surface area (Å²) in [5.74, 6) is 3.81. The Bertz CT molecular complexity index is 507. The molecule has 3 unspecified atom stereocenters. The first-order valence-corrected chi connectivity index (χ1v) is 7.99. The van der Waals surface area contributed by atoms with E-state index in [1.54, 1.807) is 0 Å². The van der Waals surface area contributed by atoms with Gasteiger partial charge in [0.05, 0.1) is 10.2 Å². The van der Waals surface area contributed by atoms with Crippen LogP contribution in [0.2, 0.25) is 0 Å². The molecule has 2 aliphatic carbocycles. The van der Waals surface area contributed by atoms with E-state index in [0.717, 1.165) is 27.8 Å². The van der Waals surface area contributed by atoms with Gasteiger partial charge in [-0.25, -0.2) is 9.97 Å². The van der Waals surface area contributed by atoms with E-state index < -0.39 is 0 Å². The van der Waals surface area contributed by atoms with Crippen molar-refractivity contribution in [2.75, 3.05) is 5.73 Å². The summed E-state index contributed by atoms with van der Waals surface area (Å²) < 4.78 is 0.868. The minimum atomic E-state index is -0.0116. The maximum Gasteiger partial charge on any atom is 0.141 e. The highest BCUT2D eigenvalue weighted by Crippen LogP contribution is 2.52. The number of nitrogen functional groups attached to an aromatic ring is 1. The largest absolute Gasteiger partial charge is 0.383 e. The molecule has 4 heteroatoms. The van der Waals surface area contributed by atoms with Gasteiger partial charge in [0.1, 0.15) is 11.6 Å². The van der Waals surface area contributed by atoms with Crippen LogP contribution in [0, 0.1) is 11.8 Å². The Morgan fingerprint density at radius 2 is 1.89 bits per heavy atom. The summed E-state index contributed by atoms with van der Waals surface area (Å²) in [5, 5.41) is 0. The molecule has 3 nitrogen and oxygen atoms in total. The van der Waals surface area contributed by atoms with Crippen molar-refractivity contribution in [2.45, 2.75) is 57.8 Å². The van der Waals surface area contributed by atoms with Gasteiger partial charge in [-0.1, -0.05) is 27.2 Å². The normalized spacial score (nSPS) is 30.0. The van der Waals surface area contributed by atoms with Crippen LogP contribution in [0.5, 0.6) is 0 Å². The lowest BCUT2D eigenvalue weighted by atomic mass is 9.87. The zero-order valence-electron chi connectivity index (χ0n) is 11.9. The molecule has 0 spiro atoms. The Morgan fingerprint density at radius 3 is 2.42 bits per heavy atom. The van der Waals surface area contributed by atoms with Crippen LogP contribution >= 0.6 is 15.9 Å². The van der Waals surface area contributed by atoms with E-state index in [2.05, 4.69) is 41.7 Å². The third-order valence-corrected chi connectivity index (χ3v) is 5.46. The molecule has 0 amide bonds. The van der Waals surface area contributed by atoms with Gasteiger partial charge in [0.2, 0.25) is 0 Å². The lowest BCUT2D eigenvalue weighted by Gasteiger charge is -2.25. The number of nitrogens with two attached hydrogens (primary N) is 1. The van der Waals surface area contributed by atoms with Gasteiger partial charge < -0.3 is 5.73 Å². The molecule has 0 radical (unpaired) electrons. The SMILES string of the molecule is CC(C)(C)c1nc(C2CC3CCC2C3)nc(N)c1Br. The van der Waals surface area contributed by atoms with Crippen LogP contribution in [0.1, 0.15) is 63.9 Å². The summed E-state index contributed by atoms with van der Waals surface area (Å²) in [6.45, 7) is 6.51. The Hall–Kier alpha value is -0.640. The van der Waals surface area contributed by atoms with Crippen molar-refractivity contribution in [1.82, 2.24) is 9.97 Å². The quantitative estimate of drug-likeness (QED) is 0.849. The minimum absolute atomic E-state index is 0.0116. The molecule has 1 heterocycles. The van der Waals surface area contributed by atoms with Gasteiger partial charge in [-0.2, -0.15) is 0 Å². The topological polar surface area (TPSA) is 51.8 Å². The average Bonchev–Trinajstić information content (AvgIpc) is 2.92. The first kappa shape index (κ1) is 13.3. The van der Waals surface area contributed by atoms with Crippen LogP contribution in [-0.2, 0) is 5.41 Å². The Kier molecular flexibility index (Phi) is 3.12. The van der Waals surface area contributed by atoms with Gasteiger partial charge >= 0.3 is 0 Å². The number of halogens is 1. The van der Waals surface area contributed by atoms with Gasteiger partial charge in [0.25, 0.3) is 0 Å². The second kappa shape index (κ2) is 4.44. The van der Waals surface area contributed by atoms with Crippen LogP contribution in [0.25, 0.3) is 0 Å². The second-order valence-corrected chi connectivity index (χ2v) is 7.95. The molecule has 2 aliphatic rings. The maximum absolute atomic E-state index is 6.09. The fourth-order valence-electron chi connectivity index (χ4n) is 3.71. The molecular weight excluding hydrogens is 302 g/mol. The van der Waals surface area contributed by atoms with Crippen molar-refractivity contribution >= 4 is 21.7 Å². The molecule has 2 fully saturated rings. The molecule has 19 heavy (non-hydrogen) atoms. The summed E-state index contributed by atoms with van der Waals surface area (Å²) in [6.07, 6.45) is 5.38. The standard InChI is InChI=1S/C15H22BrN3/c1-15(2,3)12-11(16)13(17)19-14(18-12)10-7-8-4-5-9(10)6-8/h8-10H,4-7H2,1-3H3,(H2,17,18,19). The van der Waals surface area contributed by atoms with Gasteiger partial charge in [0.15, 0.2) is 0 Å². The van der Waals surface area contributed by atoms with Crippen molar-refractivity contribution in [3.63, 3.8) is 0 Å². The summed E-state index contributed by atoms with van der Waals surface area (Å²) in [4.78, 5) is 9.43. The number of aromatic nitrogens is 2. The Balaban J connectivity index is 2.01. The molecule has 2 saturated carbocycles. The van der Waals surface area contributed by atoms with Crippen LogP contribution in [0.3, 0.4) is 0 Å². The van der Waals surface area contributed by atoms with Crippen molar-refractivity contribution in [3.8, 4) is 0 Å². The van der Waals surface area contributed by atoms with Crippen molar-refractivity contribution < 1.29 is 0 Å². The number of nitrogens with zero attached hydrogens (tertiary/aromatic N) is 2. The second-order valence-electron chi connectivity index (χ2n) is 7.16. The third kappa shape index (κ3) is 2.28. The number of rotatable bonds is 1. The van der Waals surface area contributed by atoms with E-state index in [1.165, 1.54) is 25.7 Å². The Morgan fingerprint density at radius 1 is 1.16 bits per heavy atom. The molecule has 3 rings (SSSR count). The molecule has 2 bridgehead atoms. The predicted octanol–water partition coefficient (Wildman–Crippen LogP) is 4.02. The highest BCUT2D eigenvalue weighted by atomic mass is 79.9. The monoisotopic (exact) mass is 323 g/mol. The molecule has 1 aromatic rings. The fourth-order valence-corrected chi connectivity index (χ4v) is 4.48. The lowest BCUT2D eigenvalue weighted by molar-refractivity contribution is 0.402. The van der Waals surface area contributed by atoms with E-state index in [-0.39, 0.29) is 5.41 Å². The number of anilines is 1. The highest BCUT2D eigenvalue weighted by Gasteiger charge is 2.42. The number of fused-ring (bicyclic) bond motifs is 2. The molecular formula is C15H22BrN3. The summed E-state index contributed by atoms with van der Waals surface area (Å²) in [6, 6.07) is 0. The van der Waals surface area contributed by atoms with E-state index in [4.69, 9.17) is 10.7 Å². The van der Waals surface area contributed by atoms with Crippen molar-refractivity contribution in [2.24, 2.45) is 11.8 Å². The minimum Gasteiger partial charge on any atom is -0.383 e. The van der Waals surface area contributed by atoms with Gasteiger partial charge in [-0.3, -0.25) is 0 Å². The Labute approximate surface area is 123 Å². The smallest absolute Gasteiger partial charge is 0.141 e. The molecule has 3 atom stereocenters. The van der Waals surface area contributed by atoms with Gasteiger partial charge in [-0.05, 0) is 47.0 Å². The first-order valence-electron chi connectivity index (χ1n) is 7.19. The predicted molar refractivity (Wildman–Crippen MR) is 81.0 cm³/mol. The van der Waals surface area contributed by atoms with E-state index in [1.807, 2.05) is 0 Å². The van der Waals surface area contributed by atoms with E-state index in [9.17, 15) is 0 Å². The van der Waals surface area contributed by atoms with Gasteiger partial charge in [-0.15, -0.1) is 0 Å². The zero-order chi connectivity index (χ0) is 13.8. The van der Waals surface area contributed by atoms with Crippen molar-refractivity contribution in [3.05, 3.63) is 16.0 Å². The maximum atomic E-state index is 6.09. The third-order valence-electron chi connectivity index (χ3n) is 4.67. The molecule has 0 aliphatic heterocycles. The molecule has 0 aromatic carbocycles. The summed E-state index contributed by atoms with van der Waals surface area (Å²) in [5.41, 5.74) is 7.11. The fraction of sp³-hybridized carbons (Fsp3) is 0.733. The van der Waals surface area contributed by atoms with Crippen LogP contribution in [0.15, 0.2) is 4.47 Å². The van der Waals surface area contributed by atoms with E-state index >= 15 is 0 Å². The van der Waals surface area contributed by atoms with Crippen LogP contribution in [-0.4, -0.2) is 9.97 Å². The molecule has 2 N–H and O–H groups in total. The molecule has 104 valence electrons. The highest BCUT2D eigenvalue weighted by molar-refractivity contribution is 9.10. The van der Waals surface area contributed by atoms with E-state index in [0.29, 0.717) is 11.7 Å². The van der Waals surface area contributed by atoms with Crippen LogP contribution < -0.4 is 5.73 Å². The zero-order valence-corrected chi connectivity index (χ0v) is 13.5. The summed E-state index contributed by atoms with van der Waals surface area (Å²) >= 11 is 3.55. The van der Waals surface area contributed by atoms with Gasteiger partial charge in [0, 0.05) is 11.3 Å². The first-order chi connectivity index (χ1) is 8.86. The number of hydrogen-bond acceptors (Lipinski definition) is 3. The number of hydrogen-bond donors (Lipinski definition) is 1. The average molecular weight is 324 g/mol. The summed E-state index contributed by atoms with van der Waals surface area (Å²) in [7, 11) is 0. The lowest BCUT2D eigenvalue weighted by Crippen LogP contribution is -2.20. The van der Waals surface area contributed by atoms with Crippen LogP contribution in [0.4, 0.5) is 5.82 Å². The molecule has 1 aromatic heterocycles. The van der Waals surface area contributed by atoms with Crippen molar-refractivity contribution in [1.29, 1.82) is 0 Å². The molecule has 0 saturated heterocycles.